The Bertz CT molecular complexity index is 268. The molecule has 1 fully saturated rings. The monoisotopic (exact) mass is 196 g/mol. The van der Waals surface area contributed by atoms with Crippen molar-refractivity contribution >= 4 is 5.91 Å². The van der Waals surface area contributed by atoms with Crippen LogP contribution in [-0.2, 0) is 4.79 Å². The number of nitrogens with one attached hydrogen (secondary N) is 1. The van der Waals surface area contributed by atoms with Gasteiger partial charge in [0.05, 0.1) is 0 Å². The fraction of sp³-hybridized carbons (Fsp3) is 0.889. The molecule has 0 saturated heterocycles. The number of carbonyl (C=O) groups excluding carboxylic acids is 1. The van der Waals surface area contributed by atoms with Gasteiger partial charge in [-0.15, -0.1) is 0 Å². The molecule has 5 heteroatoms. The minimum absolute atomic E-state index is 0.135. The zero-order chi connectivity index (χ0) is 10.6. The van der Waals surface area contributed by atoms with E-state index in [1.54, 1.807) is 0 Å². The van der Waals surface area contributed by atoms with E-state index in [0.29, 0.717) is 19.5 Å². The van der Waals surface area contributed by atoms with Crippen LogP contribution in [0.3, 0.4) is 0 Å². The van der Waals surface area contributed by atoms with Crippen molar-refractivity contribution in [1.82, 2.24) is 5.32 Å². The average molecular weight is 196 g/mol. The highest BCUT2D eigenvalue weighted by Crippen LogP contribution is 2.51. The number of rotatable bonds is 5. The van der Waals surface area contributed by atoms with Crippen molar-refractivity contribution in [3.05, 3.63) is 10.4 Å². The third-order valence-corrected chi connectivity index (χ3v) is 2.63. The van der Waals surface area contributed by atoms with Gasteiger partial charge in [0.1, 0.15) is 0 Å². The van der Waals surface area contributed by atoms with Crippen LogP contribution in [0, 0.1) is 11.3 Å². The van der Waals surface area contributed by atoms with E-state index in [0.717, 1.165) is 6.42 Å². The van der Waals surface area contributed by atoms with Gasteiger partial charge in [-0.25, -0.2) is 0 Å². The number of hydrogen-bond donors (Lipinski definition) is 1. The van der Waals surface area contributed by atoms with Gasteiger partial charge in [-0.3, -0.25) is 4.79 Å². The Morgan fingerprint density at radius 1 is 1.71 bits per heavy atom. The first-order chi connectivity index (χ1) is 6.58. The van der Waals surface area contributed by atoms with E-state index in [1.165, 1.54) is 0 Å². The van der Waals surface area contributed by atoms with Gasteiger partial charge in [0.2, 0.25) is 5.91 Å². The topological polar surface area (TPSA) is 77.9 Å². The predicted octanol–water partition coefficient (Wildman–Crippen LogP) is 1.85. The summed E-state index contributed by atoms with van der Waals surface area (Å²) in [5.41, 5.74) is 8.20. The normalized spacial score (nSPS) is 22.3. The maximum Gasteiger partial charge on any atom is 0.223 e. The number of carbonyl (C=O) groups is 1. The molecule has 1 aliphatic carbocycles. The summed E-state index contributed by atoms with van der Waals surface area (Å²) in [6.07, 6.45) is 1.69. The number of azide groups is 1. The first-order valence-electron chi connectivity index (χ1n) is 4.86. The molecular formula is C9H16N4O. The molecule has 0 aromatic rings. The first-order valence-corrected chi connectivity index (χ1v) is 4.86. The molecule has 0 radical (unpaired) electrons. The van der Waals surface area contributed by atoms with Crippen LogP contribution in [0.15, 0.2) is 5.11 Å². The summed E-state index contributed by atoms with van der Waals surface area (Å²) in [5.74, 6) is 0.318. The molecule has 0 spiro atoms. The number of nitrogens with zero attached hydrogens (tertiary/aromatic N) is 3. The van der Waals surface area contributed by atoms with Crippen LogP contribution in [0.5, 0.6) is 0 Å². The van der Waals surface area contributed by atoms with E-state index < -0.39 is 0 Å². The SMILES string of the molecule is CC1(C)CC1C(=O)NCCCN=[N+]=[N-]. The molecule has 1 amide bonds. The summed E-state index contributed by atoms with van der Waals surface area (Å²) in [6.45, 7) is 5.24. The van der Waals surface area contributed by atoms with Crippen LogP contribution < -0.4 is 5.32 Å². The van der Waals surface area contributed by atoms with Gasteiger partial charge in [0.15, 0.2) is 0 Å². The predicted molar refractivity (Wildman–Crippen MR) is 53.5 cm³/mol. The summed E-state index contributed by atoms with van der Waals surface area (Å²) < 4.78 is 0. The molecule has 0 aromatic heterocycles. The van der Waals surface area contributed by atoms with Crippen molar-refractivity contribution in [2.45, 2.75) is 26.7 Å². The molecule has 1 atom stereocenters. The van der Waals surface area contributed by atoms with E-state index in [4.69, 9.17) is 5.53 Å². The molecule has 1 rings (SSSR count). The van der Waals surface area contributed by atoms with E-state index >= 15 is 0 Å². The first kappa shape index (κ1) is 10.9. The Morgan fingerprint density at radius 3 is 2.86 bits per heavy atom. The second-order valence-electron chi connectivity index (χ2n) is 4.34. The fourth-order valence-electron chi connectivity index (χ4n) is 1.44. The highest BCUT2D eigenvalue weighted by molar-refractivity contribution is 5.82. The van der Waals surface area contributed by atoms with Crippen LogP contribution in [-0.4, -0.2) is 19.0 Å². The molecule has 0 aliphatic heterocycles. The van der Waals surface area contributed by atoms with E-state index in [1.807, 2.05) is 0 Å². The lowest BCUT2D eigenvalue weighted by Crippen LogP contribution is -2.27. The van der Waals surface area contributed by atoms with Crippen molar-refractivity contribution in [1.29, 1.82) is 0 Å². The van der Waals surface area contributed by atoms with Gasteiger partial charge < -0.3 is 5.32 Å². The van der Waals surface area contributed by atoms with E-state index in [9.17, 15) is 4.79 Å². The van der Waals surface area contributed by atoms with Crippen LogP contribution in [0.2, 0.25) is 0 Å². The smallest absolute Gasteiger partial charge is 0.223 e. The third kappa shape index (κ3) is 2.92. The second-order valence-corrected chi connectivity index (χ2v) is 4.34. The Balaban J connectivity index is 2.08. The zero-order valence-electron chi connectivity index (χ0n) is 8.66. The molecule has 1 aliphatic rings. The highest BCUT2D eigenvalue weighted by Gasteiger charge is 2.50. The van der Waals surface area contributed by atoms with Crippen LogP contribution in [0.25, 0.3) is 10.4 Å². The molecule has 1 saturated carbocycles. The molecule has 5 nitrogen and oxygen atoms in total. The van der Waals surface area contributed by atoms with Crippen molar-refractivity contribution in [3.63, 3.8) is 0 Å². The minimum Gasteiger partial charge on any atom is -0.356 e. The van der Waals surface area contributed by atoms with Crippen LogP contribution in [0.1, 0.15) is 26.7 Å². The van der Waals surface area contributed by atoms with Crippen molar-refractivity contribution < 1.29 is 4.79 Å². The summed E-state index contributed by atoms with van der Waals surface area (Å²) in [5, 5.41) is 6.22. The van der Waals surface area contributed by atoms with Crippen molar-refractivity contribution in [2.75, 3.05) is 13.1 Å². The lowest BCUT2D eigenvalue weighted by molar-refractivity contribution is -0.122. The van der Waals surface area contributed by atoms with Gasteiger partial charge in [-0.1, -0.05) is 19.0 Å². The maximum atomic E-state index is 11.4. The van der Waals surface area contributed by atoms with E-state index in [-0.39, 0.29) is 17.2 Å². The van der Waals surface area contributed by atoms with Gasteiger partial charge in [-0.05, 0) is 23.8 Å². The highest BCUT2D eigenvalue weighted by atomic mass is 16.2. The van der Waals surface area contributed by atoms with Gasteiger partial charge in [0, 0.05) is 23.9 Å². The van der Waals surface area contributed by atoms with Crippen molar-refractivity contribution in [2.24, 2.45) is 16.4 Å². The molecule has 0 aromatic carbocycles. The Labute approximate surface area is 83.5 Å². The lowest BCUT2D eigenvalue weighted by atomic mass is 10.1. The molecule has 14 heavy (non-hydrogen) atoms. The molecule has 0 heterocycles. The Kier molecular flexibility index (Phi) is 3.36. The van der Waals surface area contributed by atoms with Gasteiger partial charge >= 0.3 is 0 Å². The zero-order valence-corrected chi connectivity index (χ0v) is 8.66. The Morgan fingerprint density at radius 2 is 2.36 bits per heavy atom. The average Bonchev–Trinajstić information content (AvgIpc) is 2.75. The van der Waals surface area contributed by atoms with Crippen LogP contribution >= 0.6 is 0 Å². The largest absolute Gasteiger partial charge is 0.356 e. The molecule has 0 bridgehead atoms. The summed E-state index contributed by atoms with van der Waals surface area (Å²) in [4.78, 5) is 14.1. The van der Waals surface area contributed by atoms with E-state index in [2.05, 4.69) is 29.2 Å². The third-order valence-electron chi connectivity index (χ3n) is 2.63. The Hall–Kier alpha value is -1.22. The maximum absolute atomic E-state index is 11.4. The fourth-order valence-corrected chi connectivity index (χ4v) is 1.44. The molecular weight excluding hydrogens is 180 g/mol. The summed E-state index contributed by atoms with van der Waals surface area (Å²) >= 11 is 0. The number of amides is 1. The lowest BCUT2D eigenvalue weighted by Gasteiger charge is -2.04. The van der Waals surface area contributed by atoms with Crippen molar-refractivity contribution in [3.8, 4) is 0 Å². The molecule has 1 unspecified atom stereocenters. The second kappa shape index (κ2) is 4.33. The van der Waals surface area contributed by atoms with Gasteiger partial charge in [0.25, 0.3) is 0 Å². The summed E-state index contributed by atoms with van der Waals surface area (Å²) in [7, 11) is 0. The molecule has 1 N–H and O–H groups in total. The van der Waals surface area contributed by atoms with Gasteiger partial charge in [-0.2, -0.15) is 0 Å². The quantitative estimate of drug-likeness (QED) is 0.309. The number of hydrogen-bond acceptors (Lipinski definition) is 2. The molecule has 78 valence electrons. The summed E-state index contributed by atoms with van der Waals surface area (Å²) in [6, 6.07) is 0. The van der Waals surface area contributed by atoms with Crippen LogP contribution in [0.4, 0.5) is 0 Å². The minimum atomic E-state index is 0.135. The standard InChI is InChI=1S/C9H16N4O/c1-9(2)6-7(9)8(14)11-4-3-5-12-13-10/h7H,3-6H2,1-2H3,(H,11,14).